The van der Waals surface area contributed by atoms with E-state index in [2.05, 4.69) is 29.3 Å². The first-order chi connectivity index (χ1) is 9.29. The zero-order chi connectivity index (χ0) is 13.5. The highest BCUT2D eigenvalue weighted by Crippen LogP contribution is 2.14. The van der Waals surface area contributed by atoms with Crippen molar-refractivity contribution < 1.29 is 9.26 Å². The van der Waals surface area contributed by atoms with Crippen molar-refractivity contribution in [2.45, 2.75) is 26.4 Å². The molecule has 5 nitrogen and oxygen atoms in total. The number of hydrogen-bond donors (Lipinski definition) is 1. The minimum atomic E-state index is 0.206. The van der Waals surface area contributed by atoms with Crippen molar-refractivity contribution in [3.8, 4) is 5.75 Å². The van der Waals surface area contributed by atoms with Crippen LogP contribution in [0.4, 0.5) is 0 Å². The molecule has 0 saturated heterocycles. The van der Waals surface area contributed by atoms with E-state index in [0.717, 1.165) is 18.8 Å². The molecule has 1 atom stereocenters. The molecule has 1 aromatic heterocycles. The molecule has 0 spiro atoms. The van der Waals surface area contributed by atoms with Crippen LogP contribution in [-0.4, -0.2) is 23.2 Å². The SMILES string of the molecule is CCNCC(C)c1nc(COc2ccccc2)no1. The summed E-state index contributed by atoms with van der Waals surface area (Å²) in [6, 6.07) is 9.59. The van der Waals surface area contributed by atoms with Crippen LogP contribution >= 0.6 is 0 Å². The highest BCUT2D eigenvalue weighted by Gasteiger charge is 2.13. The molecular formula is C14H19N3O2. The van der Waals surface area contributed by atoms with E-state index in [9.17, 15) is 0 Å². The normalized spacial score (nSPS) is 12.3. The Morgan fingerprint density at radius 3 is 2.84 bits per heavy atom. The first kappa shape index (κ1) is 13.5. The van der Waals surface area contributed by atoms with Gasteiger partial charge in [-0.1, -0.05) is 37.2 Å². The van der Waals surface area contributed by atoms with Gasteiger partial charge in [0.1, 0.15) is 5.75 Å². The van der Waals surface area contributed by atoms with Gasteiger partial charge in [-0.3, -0.25) is 0 Å². The van der Waals surface area contributed by atoms with E-state index in [1.807, 2.05) is 30.3 Å². The molecule has 0 bridgehead atoms. The second-order valence-electron chi connectivity index (χ2n) is 4.36. The van der Waals surface area contributed by atoms with Crippen molar-refractivity contribution in [3.05, 3.63) is 42.0 Å². The first-order valence-corrected chi connectivity index (χ1v) is 6.50. The molecule has 1 N–H and O–H groups in total. The molecule has 2 aromatic rings. The molecule has 0 aliphatic carbocycles. The third-order valence-electron chi connectivity index (χ3n) is 2.72. The van der Waals surface area contributed by atoms with E-state index in [-0.39, 0.29) is 5.92 Å². The molecule has 0 aliphatic rings. The maximum absolute atomic E-state index is 5.57. The fraction of sp³-hybridized carbons (Fsp3) is 0.429. The fourth-order valence-corrected chi connectivity index (χ4v) is 1.64. The molecule has 1 aromatic carbocycles. The smallest absolute Gasteiger partial charge is 0.230 e. The highest BCUT2D eigenvalue weighted by molar-refractivity contribution is 5.20. The standard InChI is InChI=1S/C14H19N3O2/c1-3-15-9-11(2)14-16-13(17-19-14)10-18-12-7-5-4-6-8-12/h4-8,11,15H,3,9-10H2,1-2H3. The van der Waals surface area contributed by atoms with Crippen LogP contribution in [-0.2, 0) is 6.61 Å². The first-order valence-electron chi connectivity index (χ1n) is 6.50. The number of aromatic nitrogens is 2. The molecule has 5 heteroatoms. The van der Waals surface area contributed by atoms with Gasteiger partial charge in [-0.2, -0.15) is 4.98 Å². The van der Waals surface area contributed by atoms with Gasteiger partial charge in [-0.05, 0) is 18.7 Å². The van der Waals surface area contributed by atoms with E-state index >= 15 is 0 Å². The van der Waals surface area contributed by atoms with Crippen molar-refractivity contribution >= 4 is 0 Å². The van der Waals surface area contributed by atoms with Crippen LogP contribution in [0.1, 0.15) is 31.5 Å². The Morgan fingerprint density at radius 1 is 1.32 bits per heavy atom. The van der Waals surface area contributed by atoms with Crippen LogP contribution in [0.5, 0.6) is 5.75 Å². The van der Waals surface area contributed by atoms with Crippen molar-refractivity contribution in [1.29, 1.82) is 0 Å². The number of ether oxygens (including phenoxy) is 1. The summed E-state index contributed by atoms with van der Waals surface area (Å²) in [6.07, 6.45) is 0. The molecule has 2 rings (SSSR count). The predicted octanol–water partition coefficient (Wildman–Crippen LogP) is 2.36. The van der Waals surface area contributed by atoms with Crippen molar-refractivity contribution in [2.24, 2.45) is 0 Å². The summed E-state index contributed by atoms with van der Waals surface area (Å²) < 4.78 is 10.8. The second-order valence-corrected chi connectivity index (χ2v) is 4.36. The zero-order valence-corrected chi connectivity index (χ0v) is 11.3. The van der Waals surface area contributed by atoms with Gasteiger partial charge in [-0.25, -0.2) is 0 Å². The average Bonchev–Trinajstić information content (AvgIpc) is 2.92. The fourth-order valence-electron chi connectivity index (χ4n) is 1.64. The van der Waals surface area contributed by atoms with Gasteiger partial charge >= 0.3 is 0 Å². The maximum Gasteiger partial charge on any atom is 0.230 e. The molecule has 0 radical (unpaired) electrons. The van der Waals surface area contributed by atoms with Crippen molar-refractivity contribution in [1.82, 2.24) is 15.5 Å². The zero-order valence-electron chi connectivity index (χ0n) is 11.3. The van der Waals surface area contributed by atoms with Gasteiger partial charge in [0.05, 0.1) is 0 Å². The Kier molecular flexibility index (Phi) is 4.92. The molecule has 1 unspecified atom stereocenters. The number of rotatable bonds is 7. The van der Waals surface area contributed by atoms with Crippen LogP contribution in [0, 0.1) is 0 Å². The Hall–Kier alpha value is -1.88. The van der Waals surface area contributed by atoms with Gasteiger partial charge in [0.15, 0.2) is 6.61 Å². The Labute approximate surface area is 113 Å². The van der Waals surface area contributed by atoms with Crippen LogP contribution in [0.3, 0.4) is 0 Å². The number of likely N-dealkylation sites (N-methyl/N-ethyl adjacent to an activating group) is 1. The van der Waals surface area contributed by atoms with E-state index in [0.29, 0.717) is 18.3 Å². The number of hydrogen-bond acceptors (Lipinski definition) is 5. The largest absolute Gasteiger partial charge is 0.485 e. The molecule has 102 valence electrons. The number of para-hydroxylation sites is 1. The lowest BCUT2D eigenvalue weighted by Crippen LogP contribution is -2.19. The van der Waals surface area contributed by atoms with Crippen LogP contribution in [0.25, 0.3) is 0 Å². The number of benzene rings is 1. The maximum atomic E-state index is 5.57. The summed E-state index contributed by atoms with van der Waals surface area (Å²) in [5.74, 6) is 2.22. The lowest BCUT2D eigenvalue weighted by molar-refractivity contribution is 0.284. The molecule has 0 amide bonds. The summed E-state index contributed by atoms with van der Waals surface area (Å²) in [5.41, 5.74) is 0. The third kappa shape index (κ3) is 4.06. The highest BCUT2D eigenvalue weighted by atomic mass is 16.5. The lowest BCUT2D eigenvalue weighted by atomic mass is 10.2. The minimum absolute atomic E-state index is 0.206. The average molecular weight is 261 g/mol. The molecule has 1 heterocycles. The molecule has 0 saturated carbocycles. The lowest BCUT2D eigenvalue weighted by Gasteiger charge is -2.05. The molecule has 19 heavy (non-hydrogen) atoms. The summed E-state index contributed by atoms with van der Waals surface area (Å²) in [7, 11) is 0. The Morgan fingerprint density at radius 2 is 2.11 bits per heavy atom. The summed E-state index contributed by atoms with van der Waals surface area (Å²) in [6.45, 7) is 6.21. The third-order valence-corrected chi connectivity index (χ3v) is 2.72. The van der Waals surface area contributed by atoms with Crippen molar-refractivity contribution in [2.75, 3.05) is 13.1 Å². The number of nitrogens with zero attached hydrogens (tertiary/aromatic N) is 2. The van der Waals surface area contributed by atoms with E-state index < -0.39 is 0 Å². The van der Waals surface area contributed by atoms with E-state index in [1.165, 1.54) is 0 Å². The topological polar surface area (TPSA) is 60.2 Å². The molecule has 0 aliphatic heterocycles. The van der Waals surface area contributed by atoms with E-state index in [1.54, 1.807) is 0 Å². The van der Waals surface area contributed by atoms with Crippen LogP contribution in [0.2, 0.25) is 0 Å². The second kappa shape index (κ2) is 6.89. The van der Waals surface area contributed by atoms with Gasteiger partial charge in [0.25, 0.3) is 0 Å². The van der Waals surface area contributed by atoms with Crippen LogP contribution in [0.15, 0.2) is 34.9 Å². The van der Waals surface area contributed by atoms with Gasteiger partial charge < -0.3 is 14.6 Å². The minimum Gasteiger partial charge on any atom is -0.485 e. The summed E-state index contributed by atoms with van der Waals surface area (Å²) in [4.78, 5) is 4.34. The number of nitrogens with one attached hydrogen (secondary N) is 1. The summed E-state index contributed by atoms with van der Waals surface area (Å²) >= 11 is 0. The van der Waals surface area contributed by atoms with Crippen LogP contribution < -0.4 is 10.1 Å². The monoisotopic (exact) mass is 261 g/mol. The quantitative estimate of drug-likeness (QED) is 0.829. The Bertz CT molecular complexity index is 484. The molecule has 0 fully saturated rings. The van der Waals surface area contributed by atoms with Gasteiger partial charge in [0.2, 0.25) is 11.7 Å². The Balaban J connectivity index is 1.87. The molecular weight excluding hydrogens is 242 g/mol. The van der Waals surface area contributed by atoms with Crippen molar-refractivity contribution in [3.63, 3.8) is 0 Å². The summed E-state index contributed by atoms with van der Waals surface area (Å²) in [5, 5.41) is 7.18. The van der Waals surface area contributed by atoms with E-state index in [4.69, 9.17) is 9.26 Å². The van der Waals surface area contributed by atoms with Gasteiger partial charge in [0, 0.05) is 12.5 Å². The predicted molar refractivity (Wildman–Crippen MR) is 72.0 cm³/mol. The van der Waals surface area contributed by atoms with Gasteiger partial charge in [-0.15, -0.1) is 0 Å².